The quantitative estimate of drug-likeness (QED) is 0.115. The lowest BCUT2D eigenvalue weighted by Crippen LogP contribution is -2.52. The van der Waals surface area contributed by atoms with Gasteiger partial charge in [0.15, 0.2) is 0 Å². The van der Waals surface area contributed by atoms with Crippen molar-refractivity contribution in [3.8, 4) is 5.75 Å². The number of carbonyl (C=O) groups excluding carboxylic acids is 2. The van der Waals surface area contributed by atoms with Crippen LogP contribution in [0.15, 0.2) is 60.5 Å². The second-order valence-corrected chi connectivity index (χ2v) is 8.62. The van der Waals surface area contributed by atoms with Crippen molar-refractivity contribution in [3.63, 3.8) is 0 Å². The number of phenolic OH excluding ortho intramolecular Hbond substituents is 1. The number of allylic oxidation sites excluding steroid dienone is 4. The van der Waals surface area contributed by atoms with E-state index < -0.39 is 22.9 Å². The zero-order valence-corrected chi connectivity index (χ0v) is 23.3. The molecule has 0 fully saturated rings. The number of rotatable bonds is 15. The highest BCUT2D eigenvalue weighted by Gasteiger charge is 2.24. The van der Waals surface area contributed by atoms with Crippen LogP contribution in [0, 0.1) is 10.1 Å². The number of aromatic hydroxyl groups is 1. The van der Waals surface area contributed by atoms with Crippen molar-refractivity contribution >= 4 is 17.8 Å². The van der Waals surface area contributed by atoms with Crippen molar-refractivity contribution < 1.29 is 19.6 Å². The molecule has 0 aliphatic rings. The number of benzene rings is 1. The van der Waals surface area contributed by atoms with Crippen LogP contribution in [-0.2, 0) is 22.6 Å². The normalized spacial score (nSPS) is 12.8. The summed E-state index contributed by atoms with van der Waals surface area (Å²) in [7, 11) is 0. The molecule has 1 aromatic carbocycles. The van der Waals surface area contributed by atoms with Crippen LogP contribution in [-0.4, -0.2) is 50.0 Å². The van der Waals surface area contributed by atoms with Gasteiger partial charge in [0.05, 0.1) is 12.6 Å². The topological polar surface area (TPSA) is 165 Å². The van der Waals surface area contributed by atoms with Gasteiger partial charge in [0, 0.05) is 6.54 Å². The minimum absolute atomic E-state index is 0.115. The summed E-state index contributed by atoms with van der Waals surface area (Å²) in [5.41, 5.74) is 8.03. The standard InChI is InChI=1S/C26H36N6O5.C2H6/c1-3-7-19(4-2)8-5-14-28-25(35)23(9-6-16-31-17-15-29-26(31)32(36)37)30-24(34)22(27)18-20-10-12-21(33)13-11-20;1-2/h3-4,7,10-13,15,17,22-23,33H,5-6,8-9,14,16,18,27H2,1-2H3,(H,28,35)(H,30,34);1-2H3/b7-3-,19-4+;/t22?,23-;/m1./s1. The molecular formula is C28H42N6O5. The van der Waals surface area contributed by atoms with E-state index in [0.717, 1.165) is 18.4 Å². The van der Waals surface area contributed by atoms with Gasteiger partial charge in [-0.05, 0) is 68.6 Å². The summed E-state index contributed by atoms with van der Waals surface area (Å²) in [6.45, 7) is 8.62. The number of carbonyl (C=O) groups is 2. The number of hydrogen-bond acceptors (Lipinski definition) is 7. The average Bonchev–Trinajstić information content (AvgIpc) is 3.41. The minimum Gasteiger partial charge on any atom is -0.508 e. The Bertz CT molecular complexity index is 1090. The lowest BCUT2D eigenvalue weighted by Gasteiger charge is -2.21. The highest BCUT2D eigenvalue weighted by atomic mass is 16.6. The number of nitro groups is 1. The van der Waals surface area contributed by atoms with Gasteiger partial charge < -0.3 is 31.6 Å². The van der Waals surface area contributed by atoms with Crippen molar-refractivity contribution in [3.05, 3.63) is 76.1 Å². The molecular weight excluding hydrogens is 500 g/mol. The van der Waals surface area contributed by atoms with Crippen molar-refractivity contribution in [1.82, 2.24) is 20.2 Å². The van der Waals surface area contributed by atoms with Gasteiger partial charge in [-0.1, -0.05) is 54.8 Å². The highest BCUT2D eigenvalue weighted by Crippen LogP contribution is 2.13. The lowest BCUT2D eigenvalue weighted by molar-refractivity contribution is -0.396. The van der Waals surface area contributed by atoms with Gasteiger partial charge in [-0.2, -0.15) is 0 Å². The van der Waals surface area contributed by atoms with E-state index in [4.69, 9.17) is 5.73 Å². The van der Waals surface area contributed by atoms with Crippen LogP contribution in [0.3, 0.4) is 0 Å². The van der Waals surface area contributed by atoms with Crippen molar-refractivity contribution in [2.75, 3.05) is 6.54 Å². The summed E-state index contributed by atoms with van der Waals surface area (Å²) in [6, 6.07) is 4.64. The third-order valence-corrected chi connectivity index (χ3v) is 5.80. The molecule has 0 bridgehead atoms. The van der Waals surface area contributed by atoms with E-state index in [9.17, 15) is 24.8 Å². The first-order valence-corrected chi connectivity index (χ1v) is 13.3. The molecule has 0 saturated carbocycles. The molecule has 2 aromatic rings. The SMILES string of the molecule is C/C=C\C(=C/C)CCCNC(=O)[C@@H](CCCn1ccnc1[N+](=O)[O-])NC(=O)C(N)Cc1ccc(O)cc1.CC. The van der Waals surface area contributed by atoms with E-state index in [1.807, 2.05) is 45.9 Å². The van der Waals surface area contributed by atoms with Crippen LogP contribution < -0.4 is 16.4 Å². The van der Waals surface area contributed by atoms with E-state index >= 15 is 0 Å². The van der Waals surface area contributed by atoms with E-state index in [1.54, 1.807) is 12.1 Å². The largest absolute Gasteiger partial charge is 0.508 e. The molecule has 214 valence electrons. The Morgan fingerprint density at radius 3 is 2.49 bits per heavy atom. The Labute approximate surface area is 230 Å². The molecule has 5 N–H and O–H groups in total. The summed E-state index contributed by atoms with van der Waals surface area (Å²) in [5.74, 6) is -0.977. The molecule has 0 radical (unpaired) electrons. The molecule has 11 nitrogen and oxygen atoms in total. The van der Waals surface area contributed by atoms with E-state index in [0.29, 0.717) is 13.0 Å². The third kappa shape index (κ3) is 11.9. The summed E-state index contributed by atoms with van der Waals surface area (Å²) < 4.78 is 1.40. The van der Waals surface area contributed by atoms with Gasteiger partial charge in [0.25, 0.3) is 0 Å². The summed E-state index contributed by atoms with van der Waals surface area (Å²) in [6.07, 6.45) is 11.3. The Hall–Kier alpha value is -3.99. The number of imidazole rings is 1. The predicted molar refractivity (Wildman–Crippen MR) is 152 cm³/mol. The third-order valence-electron chi connectivity index (χ3n) is 5.80. The van der Waals surface area contributed by atoms with Crippen LogP contribution in [0.25, 0.3) is 0 Å². The highest BCUT2D eigenvalue weighted by molar-refractivity contribution is 5.89. The van der Waals surface area contributed by atoms with Crippen LogP contribution in [0.5, 0.6) is 5.75 Å². The van der Waals surface area contributed by atoms with Gasteiger partial charge in [-0.15, -0.1) is 0 Å². The van der Waals surface area contributed by atoms with Crippen LogP contribution >= 0.6 is 0 Å². The number of aryl methyl sites for hydroxylation is 1. The smallest absolute Gasteiger partial charge is 0.434 e. The van der Waals surface area contributed by atoms with Crippen molar-refractivity contribution in [2.45, 2.75) is 78.4 Å². The molecule has 2 rings (SSSR count). The summed E-state index contributed by atoms with van der Waals surface area (Å²) >= 11 is 0. The molecule has 11 heteroatoms. The first kappa shape index (κ1) is 33.0. The molecule has 0 saturated heterocycles. The molecule has 1 aromatic heterocycles. The molecule has 1 heterocycles. The Morgan fingerprint density at radius 2 is 1.87 bits per heavy atom. The molecule has 1 unspecified atom stereocenters. The van der Waals surface area contributed by atoms with Crippen LogP contribution in [0.2, 0.25) is 0 Å². The van der Waals surface area contributed by atoms with E-state index in [2.05, 4.69) is 15.6 Å². The van der Waals surface area contributed by atoms with Gasteiger partial charge in [0.1, 0.15) is 24.2 Å². The maximum absolute atomic E-state index is 13.0. The first-order chi connectivity index (χ1) is 18.7. The van der Waals surface area contributed by atoms with E-state index in [1.165, 1.54) is 34.7 Å². The fourth-order valence-electron chi connectivity index (χ4n) is 3.81. The number of nitrogens with zero attached hydrogens (tertiary/aromatic N) is 3. The van der Waals surface area contributed by atoms with Gasteiger partial charge in [0.2, 0.25) is 11.8 Å². The Balaban J connectivity index is 0.00000371. The minimum atomic E-state index is -0.896. The van der Waals surface area contributed by atoms with E-state index in [-0.39, 0.29) is 37.0 Å². The molecule has 0 aliphatic heterocycles. The van der Waals surface area contributed by atoms with Gasteiger partial charge in [-0.25, -0.2) is 4.57 Å². The second-order valence-electron chi connectivity index (χ2n) is 8.62. The number of hydrogen-bond donors (Lipinski definition) is 4. The predicted octanol–water partition coefficient (Wildman–Crippen LogP) is 3.78. The Morgan fingerprint density at radius 1 is 1.18 bits per heavy atom. The number of nitrogens with one attached hydrogen (secondary N) is 2. The maximum Gasteiger partial charge on any atom is 0.434 e. The zero-order chi connectivity index (χ0) is 29.2. The number of phenols is 1. The number of nitrogens with two attached hydrogens (primary N) is 1. The summed E-state index contributed by atoms with van der Waals surface area (Å²) in [4.78, 5) is 40.0. The fourth-order valence-corrected chi connectivity index (χ4v) is 3.81. The summed E-state index contributed by atoms with van der Waals surface area (Å²) in [5, 5.41) is 26.2. The average molecular weight is 543 g/mol. The fraction of sp³-hybridized carbons (Fsp3) is 0.464. The van der Waals surface area contributed by atoms with Crippen molar-refractivity contribution in [1.29, 1.82) is 0 Å². The molecule has 0 spiro atoms. The van der Waals surface area contributed by atoms with Crippen LogP contribution in [0.1, 0.15) is 58.9 Å². The molecule has 2 atom stereocenters. The lowest BCUT2D eigenvalue weighted by atomic mass is 10.0. The van der Waals surface area contributed by atoms with Crippen molar-refractivity contribution in [2.24, 2.45) is 5.73 Å². The second kappa shape index (κ2) is 18.3. The number of aromatic nitrogens is 2. The van der Waals surface area contributed by atoms with Gasteiger partial charge >= 0.3 is 5.95 Å². The molecule has 2 amide bonds. The molecule has 0 aliphatic carbocycles. The zero-order valence-electron chi connectivity index (χ0n) is 23.3. The maximum atomic E-state index is 13.0. The van der Waals surface area contributed by atoms with Crippen LogP contribution in [0.4, 0.5) is 5.95 Å². The molecule has 39 heavy (non-hydrogen) atoms. The first-order valence-electron chi connectivity index (χ1n) is 13.3. The van der Waals surface area contributed by atoms with Gasteiger partial charge in [-0.3, -0.25) is 9.59 Å². The Kier molecular flexibility index (Phi) is 15.5. The monoisotopic (exact) mass is 542 g/mol. The number of amides is 2.